The predicted molar refractivity (Wildman–Crippen MR) is 82.3 cm³/mol. The molecule has 1 aromatic carbocycles. The van der Waals surface area contributed by atoms with Gasteiger partial charge in [0.15, 0.2) is 11.5 Å². The number of methoxy groups -OCH3 is 2. The van der Waals surface area contributed by atoms with Crippen molar-refractivity contribution in [3.8, 4) is 11.5 Å². The molecule has 0 spiro atoms. The summed E-state index contributed by atoms with van der Waals surface area (Å²) in [4.78, 5) is 14.0. The van der Waals surface area contributed by atoms with E-state index in [1.165, 1.54) is 11.1 Å². The zero-order chi connectivity index (χ0) is 15.7. The van der Waals surface area contributed by atoms with Crippen LogP contribution >= 0.6 is 0 Å². The smallest absolute Gasteiger partial charge is 0.223 e. The molecule has 22 heavy (non-hydrogen) atoms. The van der Waals surface area contributed by atoms with Crippen LogP contribution in [0.4, 0.5) is 0 Å². The zero-order valence-corrected chi connectivity index (χ0v) is 13.2. The second kappa shape index (κ2) is 6.16. The number of aryl methyl sites for hydroxylation is 1. The van der Waals surface area contributed by atoms with Crippen LogP contribution in [-0.4, -0.2) is 48.8 Å². The molecule has 0 bridgehead atoms. The van der Waals surface area contributed by atoms with E-state index in [9.17, 15) is 9.90 Å². The number of β-amino-alcohol motifs (C(OH)–C–C–N with tert-alkyl or cyclic N) is 1. The first kappa shape index (κ1) is 15.2. The Labute approximate surface area is 130 Å². The Bertz CT molecular complexity index is 572. The monoisotopic (exact) mass is 305 g/mol. The van der Waals surface area contributed by atoms with Gasteiger partial charge < -0.3 is 19.5 Å². The second-order valence-electron chi connectivity index (χ2n) is 6.11. The van der Waals surface area contributed by atoms with Gasteiger partial charge in [-0.15, -0.1) is 0 Å². The number of aliphatic hydroxyl groups excluding tert-OH is 1. The summed E-state index contributed by atoms with van der Waals surface area (Å²) in [6.07, 6.45) is 3.32. The number of benzene rings is 1. The fourth-order valence-corrected chi connectivity index (χ4v) is 3.54. The summed E-state index contributed by atoms with van der Waals surface area (Å²) >= 11 is 0. The number of carbonyl (C=O) groups excluding carboxylic acids is 1. The molecule has 0 saturated carbocycles. The molecular formula is C17H23NO4. The van der Waals surface area contributed by atoms with Crippen LogP contribution in [-0.2, 0) is 17.6 Å². The number of carbonyl (C=O) groups is 1. The number of hydrogen-bond donors (Lipinski definition) is 1. The predicted octanol–water partition coefficient (Wildman–Crippen LogP) is 1.54. The molecule has 0 radical (unpaired) electrons. The SMILES string of the molecule is COc1cc2c(cc1OC)CC(N1CC(O)CCC1=O)CC2. The van der Waals surface area contributed by atoms with Crippen molar-refractivity contribution < 1.29 is 19.4 Å². The lowest BCUT2D eigenvalue weighted by atomic mass is 9.86. The highest BCUT2D eigenvalue weighted by atomic mass is 16.5. The molecular weight excluding hydrogens is 282 g/mol. The summed E-state index contributed by atoms with van der Waals surface area (Å²) in [7, 11) is 3.28. The van der Waals surface area contributed by atoms with E-state index in [0.29, 0.717) is 19.4 Å². The molecule has 1 aromatic rings. The summed E-state index contributed by atoms with van der Waals surface area (Å²) in [6, 6.07) is 4.23. The molecule has 1 saturated heterocycles. The van der Waals surface area contributed by atoms with Crippen molar-refractivity contribution >= 4 is 5.91 Å². The van der Waals surface area contributed by atoms with E-state index < -0.39 is 0 Å². The van der Waals surface area contributed by atoms with E-state index in [-0.39, 0.29) is 18.1 Å². The minimum absolute atomic E-state index is 0.166. The van der Waals surface area contributed by atoms with E-state index >= 15 is 0 Å². The van der Waals surface area contributed by atoms with Crippen molar-refractivity contribution in [2.75, 3.05) is 20.8 Å². The number of amides is 1. The van der Waals surface area contributed by atoms with E-state index in [2.05, 4.69) is 0 Å². The lowest BCUT2D eigenvalue weighted by Crippen LogP contribution is -2.50. The van der Waals surface area contributed by atoms with Gasteiger partial charge in [-0.05, 0) is 48.9 Å². The Morgan fingerprint density at radius 1 is 1.09 bits per heavy atom. The van der Waals surface area contributed by atoms with Gasteiger partial charge in [-0.1, -0.05) is 0 Å². The molecule has 5 nitrogen and oxygen atoms in total. The standard InChI is InChI=1S/C17H23NO4/c1-21-15-8-11-3-4-13(7-12(11)9-16(15)22-2)18-10-14(19)5-6-17(18)20/h8-9,13-14,19H,3-7,10H2,1-2H3. The molecule has 5 heteroatoms. The van der Waals surface area contributed by atoms with Crippen molar-refractivity contribution in [3.05, 3.63) is 23.3 Å². The normalized spacial score (nSPS) is 24.9. The highest BCUT2D eigenvalue weighted by molar-refractivity contribution is 5.77. The van der Waals surface area contributed by atoms with Gasteiger partial charge in [0.25, 0.3) is 0 Å². The summed E-state index contributed by atoms with van der Waals surface area (Å²) in [5, 5.41) is 9.84. The van der Waals surface area contributed by atoms with E-state index in [0.717, 1.165) is 30.8 Å². The first-order valence-corrected chi connectivity index (χ1v) is 7.83. The Hall–Kier alpha value is -1.75. The number of piperidine rings is 1. The van der Waals surface area contributed by atoms with Crippen molar-refractivity contribution in [3.63, 3.8) is 0 Å². The van der Waals surface area contributed by atoms with Crippen LogP contribution in [0, 0.1) is 0 Å². The number of nitrogens with zero attached hydrogens (tertiary/aromatic N) is 1. The van der Waals surface area contributed by atoms with Crippen LogP contribution in [0.2, 0.25) is 0 Å². The van der Waals surface area contributed by atoms with Crippen LogP contribution in [0.5, 0.6) is 11.5 Å². The molecule has 2 atom stereocenters. The van der Waals surface area contributed by atoms with Gasteiger partial charge in [0.1, 0.15) is 0 Å². The lowest BCUT2D eigenvalue weighted by Gasteiger charge is -2.39. The summed E-state index contributed by atoms with van der Waals surface area (Å²) in [5.74, 6) is 1.65. The van der Waals surface area contributed by atoms with Gasteiger partial charge in [0.2, 0.25) is 5.91 Å². The van der Waals surface area contributed by atoms with Crippen LogP contribution in [0.3, 0.4) is 0 Å². The molecule has 1 N–H and O–H groups in total. The maximum absolute atomic E-state index is 12.1. The largest absolute Gasteiger partial charge is 0.493 e. The molecule has 3 rings (SSSR count). The average Bonchev–Trinajstić information content (AvgIpc) is 2.55. The summed E-state index contributed by atoms with van der Waals surface area (Å²) in [5.41, 5.74) is 2.47. The number of hydrogen-bond acceptors (Lipinski definition) is 4. The minimum Gasteiger partial charge on any atom is -0.493 e. The van der Waals surface area contributed by atoms with Gasteiger partial charge in [-0.2, -0.15) is 0 Å². The maximum atomic E-state index is 12.1. The van der Waals surface area contributed by atoms with Crippen molar-refractivity contribution in [1.82, 2.24) is 4.90 Å². The summed E-state index contributed by atoms with van der Waals surface area (Å²) < 4.78 is 10.7. The van der Waals surface area contributed by atoms with Gasteiger partial charge in [0.05, 0.1) is 20.3 Å². The summed E-state index contributed by atoms with van der Waals surface area (Å²) in [6.45, 7) is 0.464. The van der Waals surface area contributed by atoms with E-state index in [4.69, 9.17) is 9.47 Å². The molecule has 1 fully saturated rings. The zero-order valence-electron chi connectivity index (χ0n) is 13.2. The average molecular weight is 305 g/mol. The highest BCUT2D eigenvalue weighted by Crippen LogP contribution is 2.35. The number of ether oxygens (including phenoxy) is 2. The minimum atomic E-state index is -0.385. The van der Waals surface area contributed by atoms with Crippen LogP contribution < -0.4 is 9.47 Å². The molecule has 1 amide bonds. The topological polar surface area (TPSA) is 59.0 Å². The van der Waals surface area contributed by atoms with Gasteiger partial charge in [-0.25, -0.2) is 0 Å². The van der Waals surface area contributed by atoms with E-state index in [1.807, 2.05) is 17.0 Å². The number of fused-ring (bicyclic) bond motifs is 1. The third kappa shape index (κ3) is 2.77. The number of rotatable bonds is 3. The van der Waals surface area contributed by atoms with Crippen molar-refractivity contribution in [1.29, 1.82) is 0 Å². The molecule has 1 aliphatic carbocycles. The first-order chi connectivity index (χ1) is 10.6. The second-order valence-corrected chi connectivity index (χ2v) is 6.11. The Morgan fingerprint density at radius 2 is 1.77 bits per heavy atom. The Morgan fingerprint density at radius 3 is 2.45 bits per heavy atom. The molecule has 2 aliphatic rings. The fourth-order valence-electron chi connectivity index (χ4n) is 3.54. The van der Waals surface area contributed by atoms with Gasteiger partial charge in [0, 0.05) is 19.0 Å². The van der Waals surface area contributed by atoms with Crippen molar-refractivity contribution in [2.45, 2.75) is 44.2 Å². The molecule has 0 aromatic heterocycles. The third-order valence-electron chi connectivity index (χ3n) is 4.77. The van der Waals surface area contributed by atoms with Crippen LogP contribution in [0.1, 0.15) is 30.4 Å². The van der Waals surface area contributed by atoms with Gasteiger partial charge in [-0.3, -0.25) is 4.79 Å². The van der Waals surface area contributed by atoms with E-state index in [1.54, 1.807) is 14.2 Å². The quantitative estimate of drug-likeness (QED) is 0.920. The molecule has 120 valence electrons. The number of likely N-dealkylation sites (tertiary alicyclic amines) is 1. The van der Waals surface area contributed by atoms with Crippen LogP contribution in [0.15, 0.2) is 12.1 Å². The third-order valence-corrected chi connectivity index (χ3v) is 4.77. The maximum Gasteiger partial charge on any atom is 0.223 e. The number of aliphatic hydroxyl groups is 1. The van der Waals surface area contributed by atoms with Crippen molar-refractivity contribution in [2.24, 2.45) is 0 Å². The molecule has 2 unspecified atom stereocenters. The Balaban J connectivity index is 1.82. The van der Waals surface area contributed by atoms with Crippen LogP contribution in [0.25, 0.3) is 0 Å². The highest BCUT2D eigenvalue weighted by Gasteiger charge is 2.32. The fraction of sp³-hybridized carbons (Fsp3) is 0.588. The molecule has 1 aliphatic heterocycles. The van der Waals surface area contributed by atoms with Gasteiger partial charge >= 0.3 is 0 Å². The molecule has 1 heterocycles. The Kier molecular flexibility index (Phi) is 4.25. The lowest BCUT2D eigenvalue weighted by molar-refractivity contribution is -0.139. The first-order valence-electron chi connectivity index (χ1n) is 7.83.